The number of fused-ring (bicyclic) bond motifs is 3. The number of benzene rings is 1. The quantitative estimate of drug-likeness (QED) is 0.726. The van der Waals surface area contributed by atoms with Gasteiger partial charge in [-0.2, -0.15) is 0 Å². The summed E-state index contributed by atoms with van der Waals surface area (Å²) in [5.74, 6) is 1.30. The van der Waals surface area contributed by atoms with Gasteiger partial charge in [0.15, 0.2) is 5.78 Å². The van der Waals surface area contributed by atoms with Crippen LogP contribution in [0.4, 0.5) is 0 Å². The number of nitrogens with zero attached hydrogens (tertiary/aromatic N) is 3. The van der Waals surface area contributed by atoms with Crippen LogP contribution in [0.25, 0.3) is 10.9 Å². The van der Waals surface area contributed by atoms with Gasteiger partial charge in [0.2, 0.25) is 0 Å². The normalized spacial score (nSPS) is 17.7. The smallest absolute Gasteiger partial charge is 0.170 e. The molecule has 4 rings (SSSR count). The molecule has 4 heteroatoms. The molecule has 1 atom stereocenters. The van der Waals surface area contributed by atoms with Crippen molar-refractivity contribution in [3.8, 4) is 0 Å². The second-order valence-electron chi connectivity index (χ2n) is 7.03. The first-order valence-corrected chi connectivity index (χ1v) is 8.71. The molecule has 0 radical (unpaired) electrons. The van der Waals surface area contributed by atoms with E-state index in [-0.39, 0.29) is 5.92 Å². The van der Waals surface area contributed by atoms with Crippen LogP contribution < -0.4 is 0 Å². The molecule has 0 spiro atoms. The summed E-state index contributed by atoms with van der Waals surface area (Å²) in [7, 11) is 0. The topological polar surface area (TPSA) is 39.8 Å². The maximum atomic E-state index is 13.3. The Kier molecular flexibility index (Phi) is 3.56. The second kappa shape index (κ2) is 5.62. The van der Waals surface area contributed by atoms with Crippen LogP contribution in [-0.2, 0) is 13.0 Å². The van der Waals surface area contributed by atoms with Gasteiger partial charge in [-0.15, -0.1) is 0 Å². The molecule has 124 valence electrons. The summed E-state index contributed by atoms with van der Waals surface area (Å²) < 4.78 is 4.44. The van der Waals surface area contributed by atoms with Gasteiger partial charge in [-0.25, -0.2) is 4.98 Å². The Morgan fingerprint density at radius 3 is 2.79 bits per heavy atom. The minimum atomic E-state index is 0.0387. The molecule has 0 fully saturated rings. The number of hydrogen-bond donors (Lipinski definition) is 0. The van der Waals surface area contributed by atoms with Crippen molar-refractivity contribution in [1.82, 2.24) is 14.1 Å². The van der Waals surface area contributed by atoms with Gasteiger partial charge >= 0.3 is 0 Å². The highest BCUT2D eigenvalue weighted by Gasteiger charge is 2.33. The van der Waals surface area contributed by atoms with Crippen LogP contribution in [0.5, 0.6) is 0 Å². The number of aryl methyl sites for hydroxylation is 1. The standard InChI is InChI=1S/C20H23N3O/c1-13(2)23-17-7-5-4-6-16(17)19-18(23)9-8-15(20(19)24)12-22-11-10-21-14(22)3/h4-7,10-11,13,15H,8-9,12H2,1-3H3. The third-order valence-electron chi connectivity index (χ3n) is 5.22. The lowest BCUT2D eigenvalue weighted by Crippen LogP contribution is -2.27. The zero-order chi connectivity index (χ0) is 16.8. The maximum Gasteiger partial charge on any atom is 0.170 e. The maximum absolute atomic E-state index is 13.3. The number of Topliss-reactive ketones (excluding diaryl/α,β-unsaturated/α-hetero) is 1. The number of ketones is 1. The lowest BCUT2D eigenvalue weighted by atomic mass is 9.85. The lowest BCUT2D eigenvalue weighted by Gasteiger charge is -2.24. The Morgan fingerprint density at radius 1 is 1.29 bits per heavy atom. The number of para-hydroxylation sites is 1. The molecule has 0 N–H and O–H groups in total. The van der Waals surface area contributed by atoms with E-state index < -0.39 is 0 Å². The summed E-state index contributed by atoms with van der Waals surface area (Å²) >= 11 is 0. The third-order valence-corrected chi connectivity index (χ3v) is 5.22. The summed E-state index contributed by atoms with van der Waals surface area (Å²) in [6.45, 7) is 7.10. The number of hydrogen-bond acceptors (Lipinski definition) is 2. The minimum Gasteiger partial charge on any atom is -0.341 e. The monoisotopic (exact) mass is 321 g/mol. The van der Waals surface area contributed by atoms with Crippen molar-refractivity contribution in [2.75, 3.05) is 0 Å². The highest BCUT2D eigenvalue weighted by molar-refractivity contribution is 6.11. The minimum absolute atomic E-state index is 0.0387. The van der Waals surface area contributed by atoms with Crippen LogP contribution in [0.3, 0.4) is 0 Å². The van der Waals surface area contributed by atoms with Crippen molar-refractivity contribution in [3.63, 3.8) is 0 Å². The van der Waals surface area contributed by atoms with Crippen LogP contribution >= 0.6 is 0 Å². The number of imidazole rings is 1. The van der Waals surface area contributed by atoms with Crippen molar-refractivity contribution >= 4 is 16.7 Å². The molecule has 2 heterocycles. The summed E-state index contributed by atoms with van der Waals surface area (Å²) in [6, 6.07) is 8.68. The molecule has 0 amide bonds. The van der Waals surface area contributed by atoms with Gasteiger partial charge in [0, 0.05) is 53.1 Å². The first-order chi connectivity index (χ1) is 11.6. The Morgan fingerprint density at radius 2 is 2.08 bits per heavy atom. The average molecular weight is 321 g/mol. The largest absolute Gasteiger partial charge is 0.341 e. The molecule has 24 heavy (non-hydrogen) atoms. The fraction of sp³-hybridized carbons (Fsp3) is 0.400. The van der Waals surface area contributed by atoms with Gasteiger partial charge in [-0.1, -0.05) is 18.2 Å². The highest BCUT2D eigenvalue weighted by Crippen LogP contribution is 2.36. The van der Waals surface area contributed by atoms with Gasteiger partial charge in [0.1, 0.15) is 5.82 Å². The first kappa shape index (κ1) is 15.2. The Labute approximate surface area is 142 Å². The van der Waals surface area contributed by atoms with E-state index in [2.05, 4.69) is 46.2 Å². The molecular weight excluding hydrogens is 298 g/mol. The number of aromatic nitrogens is 3. The molecule has 3 aromatic rings. The van der Waals surface area contributed by atoms with Crippen molar-refractivity contribution < 1.29 is 4.79 Å². The van der Waals surface area contributed by atoms with Gasteiger partial charge in [0.05, 0.1) is 0 Å². The molecule has 0 saturated heterocycles. The van der Waals surface area contributed by atoms with Crippen molar-refractivity contribution in [2.24, 2.45) is 5.92 Å². The lowest BCUT2D eigenvalue weighted by molar-refractivity contribution is 0.0887. The number of carbonyl (C=O) groups is 1. The summed E-state index contributed by atoms with van der Waals surface area (Å²) in [6.07, 6.45) is 5.65. The Bertz CT molecular complexity index is 916. The second-order valence-corrected chi connectivity index (χ2v) is 7.03. The Balaban J connectivity index is 1.80. The molecule has 1 aliphatic carbocycles. The van der Waals surface area contributed by atoms with E-state index in [1.54, 1.807) is 6.20 Å². The van der Waals surface area contributed by atoms with Gasteiger partial charge < -0.3 is 9.13 Å². The van der Waals surface area contributed by atoms with E-state index in [1.807, 2.05) is 19.2 Å². The number of rotatable bonds is 3. The van der Waals surface area contributed by atoms with Gasteiger partial charge in [-0.05, 0) is 39.7 Å². The number of carbonyl (C=O) groups excluding carboxylic acids is 1. The fourth-order valence-electron chi connectivity index (χ4n) is 4.08. The van der Waals surface area contributed by atoms with E-state index >= 15 is 0 Å². The summed E-state index contributed by atoms with van der Waals surface area (Å²) in [5, 5.41) is 1.11. The predicted octanol–water partition coefficient (Wildman–Crippen LogP) is 4.17. The van der Waals surface area contributed by atoms with Crippen molar-refractivity contribution in [2.45, 2.75) is 46.2 Å². The zero-order valence-electron chi connectivity index (χ0n) is 14.5. The van der Waals surface area contributed by atoms with Crippen LogP contribution in [0.15, 0.2) is 36.7 Å². The van der Waals surface area contributed by atoms with Crippen LogP contribution in [0.2, 0.25) is 0 Å². The Hall–Kier alpha value is -2.36. The highest BCUT2D eigenvalue weighted by atomic mass is 16.1. The SMILES string of the molecule is Cc1nccn1CC1CCc2c(c3ccccc3n2C(C)C)C1=O. The van der Waals surface area contributed by atoms with Crippen molar-refractivity contribution in [1.29, 1.82) is 0 Å². The molecule has 0 bridgehead atoms. The molecule has 2 aromatic heterocycles. The van der Waals surface area contributed by atoms with E-state index in [0.717, 1.165) is 36.2 Å². The molecule has 0 saturated carbocycles. The average Bonchev–Trinajstić information content (AvgIpc) is 3.11. The molecule has 1 aliphatic rings. The third kappa shape index (κ3) is 2.20. The van der Waals surface area contributed by atoms with E-state index in [4.69, 9.17) is 0 Å². The summed E-state index contributed by atoms with van der Waals surface area (Å²) in [4.78, 5) is 17.5. The molecule has 4 nitrogen and oxygen atoms in total. The molecular formula is C20H23N3O. The van der Waals surface area contributed by atoms with Gasteiger partial charge in [-0.3, -0.25) is 4.79 Å². The van der Waals surface area contributed by atoms with E-state index in [1.165, 1.54) is 11.2 Å². The summed E-state index contributed by atoms with van der Waals surface area (Å²) in [5.41, 5.74) is 3.36. The van der Waals surface area contributed by atoms with E-state index in [0.29, 0.717) is 11.8 Å². The van der Waals surface area contributed by atoms with Crippen molar-refractivity contribution in [3.05, 3.63) is 53.7 Å². The molecule has 0 aliphatic heterocycles. The van der Waals surface area contributed by atoms with Crippen LogP contribution in [0.1, 0.15) is 48.2 Å². The zero-order valence-corrected chi connectivity index (χ0v) is 14.5. The van der Waals surface area contributed by atoms with E-state index in [9.17, 15) is 4.79 Å². The van der Waals surface area contributed by atoms with Crippen LogP contribution in [0, 0.1) is 12.8 Å². The fourth-order valence-corrected chi connectivity index (χ4v) is 4.08. The van der Waals surface area contributed by atoms with Crippen LogP contribution in [-0.4, -0.2) is 19.9 Å². The van der Waals surface area contributed by atoms with Gasteiger partial charge in [0.25, 0.3) is 0 Å². The predicted molar refractivity (Wildman–Crippen MR) is 95.4 cm³/mol. The molecule has 1 unspecified atom stereocenters. The molecule has 1 aromatic carbocycles. The first-order valence-electron chi connectivity index (χ1n) is 8.71.